The van der Waals surface area contributed by atoms with Gasteiger partial charge in [-0.15, -0.1) is 0 Å². The van der Waals surface area contributed by atoms with Gasteiger partial charge in [0.15, 0.2) is 0 Å². The Kier molecular flexibility index (Phi) is 4.08. The van der Waals surface area contributed by atoms with E-state index >= 15 is 0 Å². The fourth-order valence-corrected chi connectivity index (χ4v) is 1.70. The van der Waals surface area contributed by atoms with Gasteiger partial charge >= 0.3 is 0 Å². The van der Waals surface area contributed by atoms with Crippen molar-refractivity contribution in [2.24, 2.45) is 0 Å². The van der Waals surface area contributed by atoms with Gasteiger partial charge in [0, 0.05) is 6.07 Å². The number of aromatic hydroxyl groups is 1. The Bertz CT molecular complexity index is 588. The number of hydrogen-bond donors (Lipinski definition) is 1. The van der Waals surface area contributed by atoms with Crippen LogP contribution >= 0.6 is 0 Å². The van der Waals surface area contributed by atoms with Crippen molar-refractivity contribution in [2.75, 3.05) is 7.11 Å². The summed E-state index contributed by atoms with van der Waals surface area (Å²) in [5.41, 5.74) is 1.95. The molecule has 0 atom stereocenters. The summed E-state index contributed by atoms with van der Waals surface area (Å²) in [4.78, 5) is 0. The molecule has 0 heterocycles. The summed E-state index contributed by atoms with van der Waals surface area (Å²) in [7, 11) is 1.56. The van der Waals surface area contributed by atoms with E-state index in [1.807, 2.05) is 37.3 Å². The summed E-state index contributed by atoms with van der Waals surface area (Å²) in [5.74, 6) is 1.55. The lowest BCUT2D eigenvalue weighted by atomic mass is 10.2. The van der Waals surface area contributed by atoms with Crippen molar-refractivity contribution >= 4 is 6.08 Å². The van der Waals surface area contributed by atoms with Crippen molar-refractivity contribution in [3.05, 3.63) is 59.9 Å². The van der Waals surface area contributed by atoms with Gasteiger partial charge in [-0.05, 0) is 48.4 Å². The first kappa shape index (κ1) is 13.0. The number of hydrogen-bond acceptors (Lipinski definition) is 3. The van der Waals surface area contributed by atoms with Gasteiger partial charge in [-0.3, -0.25) is 0 Å². The van der Waals surface area contributed by atoms with Gasteiger partial charge in [0.05, 0.1) is 13.4 Å². The van der Waals surface area contributed by atoms with Crippen LogP contribution in [0.1, 0.15) is 11.1 Å². The molecule has 0 aliphatic carbocycles. The van der Waals surface area contributed by atoms with E-state index in [0.29, 0.717) is 5.75 Å². The van der Waals surface area contributed by atoms with Crippen LogP contribution in [-0.2, 0) is 0 Å². The zero-order chi connectivity index (χ0) is 13.7. The third kappa shape index (κ3) is 3.78. The van der Waals surface area contributed by atoms with Crippen LogP contribution in [0.25, 0.3) is 6.08 Å². The third-order valence-electron chi connectivity index (χ3n) is 2.60. The lowest BCUT2D eigenvalue weighted by Crippen LogP contribution is -1.85. The second kappa shape index (κ2) is 5.96. The molecular weight excluding hydrogens is 240 g/mol. The van der Waals surface area contributed by atoms with Crippen LogP contribution < -0.4 is 9.47 Å². The summed E-state index contributed by atoms with van der Waals surface area (Å²) in [6.07, 6.45) is 3.35. The van der Waals surface area contributed by atoms with E-state index in [0.717, 1.165) is 16.9 Å². The number of methoxy groups -OCH3 is 1. The number of aryl methyl sites for hydroxylation is 1. The Labute approximate surface area is 112 Å². The SMILES string of the molecule is COc1cc(O)cc(/C=C/Oc2cccc(C)c2)c1. The minimum Gasteiger partial charge on any atom is -0.508 e. The maximum absolute atomic E-state index is 9.52. The predicted molar refractivity (Wildman–Crippen MR) is 75.5 cm³/mol. The maximum Gasteiger partial charge on any atom is 0.126 e. The number of ether oxygens (including phenoxy) is 2. The van der Waals surface area contributed by atoms with Gasteiger partial charge in [0.1, 0.15) is 17.2 Å². The highest BCUT2D eigenvalue weighted by Gasteiger charge is 1.97. The molecule has 0 amide bonds. The average molecular weight is 256 g/mol. The van der Waals surface area contributed by atoms with E-state index in [1.54, 1.807) is 31.6 Å². The highest BCUT2D eigenvalue weighted by molar-refractivity contribution is 5.54. The van der Waals surface area contributed by atoms with Crippen molar-refractivity contribution in [3.63, 3.8) is 0 Å². The van der Waals surface area contributed by atoms with E-state index in [-0.39, 0.29) is 5.75 Å². The summed E-state index contributed by atoms with van der Waals surface area (Å²) in [6.45, 7) is 2.01. The molecule has 0 spiro atoms. The first-order valence-corrected chi connectivity index (χ1v) is 5.95. The first-order valence-electron chi connectivity index (χ1n) is 5.95. The number of benzene rings is 2. The van der Waals surface area contributed by atoms with Gasteiger partial charge in [0.2, 0.25) is 0 Å². The third-order valence-corrected chi connectivity index (χ3v) is 2.60. The molecule has 0 unspecified atom stereocenters. The van der Waals surface area contributed by atoms with Crippen molar-refractivity contribution in [1.82, 2.24) is 0 Å². The van der Waals surface area contributed by atoms with Crippen LogP contribution in [-0.4, -0.2) is 12.2 Å². The summed E-state index contributed by atoms with van der Waals surface area (Å²) >= 11 is 0. The average Bonchev–Trinajstić information content (AvgIpc) is 2.38. The zero-order valence-electron chi connectivity index (χ0n) is 11.0. The monoisotopic (exact) mass is 256 g/mol. The predicted octanol–water partition coefficient (Wildman–Crippen LogP) is 3.76. The summed E-state index contributed by atoms with van der Waals surface area (Å²) < 4.78 is 10.6. The number of rotatable bonds is 4. The highest BCUT2D eigenvalue weighted by atomic mass is 16.5. The molecular formula is C16H16O3. The minimum atomic E-state index is 0.162. The van der Waals surface area contributed by atoms with Crippen LogP contribution in [0.4, 0.5) is 0 Å². The van der Waals surface area contributed by atoms with Gasteiger partial charge in [-0.25, -0.2) is 0 Å². The molecule has 0 radical (unpaired) electrons. The Morgan fingerprint density at radius 1 is 1.05 bits per heavy atom. The molecule has 3 heteroatoms. The van der Waals surface area contributed by atoms with Crippen molar-refractivity contribution in [1.29, 1.82) is 0 Å². The van der Waals surface area contributed by atoms with E-state index < -0.39 is 0 Å². The molecule has 0 aliphatic rings. The maximum atomic E-state index is 9.52. The molecule has 19 heavy (non-hydrogen) atoms. The molecule has 98 valence electrons. The van der Waals surface area contributed by atoms with Crippen molar-refractivity contribution in [2.45, 2.75) is 6.92 Å². The molecule has 0 saturated carbocycles. The molecule has 0 aliphatic heterocycles. The summed E-state index contributed by atoms with van der Waals surface area (Å²) in [5, 5.41) is 9.52. The Hall–Kier alpha value is -2.42. The second-order valence-electron chi connectivity index (χ2n) is 4.20. The molecule has 2 rings (SSSR count). The van der Waals surface area contributed by atoms with E-state index in [4.69, 9.17) is 9.47 Å². The van der Waals surface area contributed by atoms with Gasteiger partial charge in [-0.1, -0.05) is 12.1 Å². The minimum absolute atomic E-state index is 0.162. The van der Waals surface area contributed by atoms with Gasteiger partial charge < -0.3 is 14.6 Å². The van der Waals surface area contributed by atoms with E-state index in [1.165, 1.54) is 0 Å². The largest absolute Gasteiger partial charge is 0.508 e. The van der Waals surface area contributed by atoms with E-state index in [9.17, 15) is 5.11 Å². The second-order valence-corrected chi connectivity index (χ2v) is 4.20. The van der Waals surface area contributed by atoms with Crippen LogP contribution in [0, 0.1) is 6.92 Å². The Balaban J connectivity index is 2.08. The van der Waals surface area contributed by atoms with Crippen LogP contribution in [0.3, 0.4) is 0 Å². The van der Waals surface area contributed by atoms with Gasteiger partial charge in [0.25, 0.3) is 0 Å². The van der Waals surface area contributed by atoms with Crippen molar-refractivity contribution in [3.8, 4) is 17.2 Å². The molecule has 0 bridgehead atoms. The van der Waals surface area contributed by atoms with Crippen LogP contribution in [0.5, 0.6) is 17.2 Å². The quantitative estimate of drug-likeness (QED) is 0.846. The first-order chi connectivity index (χ1) is 9.17. The summed E-state index contributed by atoms with van der Waals surface area (Å²) in [6, 6.07) is 12.8. The molecule has 0 aromatic heterocycles. The van der Waals surface area contributed by atoms with E-state index in [2.05, 4.69) is 0 Å². The lowest BCUT2D eigenvalue weighted by Gasteiger charge is -2.03. The fraction of sp³-hybridized carbons (Fsp3) is 0.125. The normalized spacial score (nSPS) is 10.6. The molecule has 1 N–H and O–H groups in total. The smallest absolute Gasteiger partial charge is 0.126 e. The molecule has 3 nitrogen and oxygen atoms in total. The topological polar surface area (TPSA) is 38.7 Å². The lowest BCUT2D eigenvalue weighted by molar-refractivity contribution is 0.407. The molecule has 0 fully saturated rings. The Morgan fingerprint density at radius 2 is 1.89 bits per heavy atom. The standard InChI is InChI=1S/C16H16O3/c1-12-4-3-5-15(8-12)19-7-6-13-9-14(17)11-16(10-13)18-2/h3-11,17H,1-2H3/b7-6+. The van der Waals surface area contributed by atoms with Crippen molar-refractivity contribution < 1.29 is 14.6 Å². The molecule has 0 saturated heterocycles. The number of phenolic OH excluding ortho intramolecular Hbond substituents is 1. The van der Waals surface area contributed by atoms with Crippen LogP contribution in [0.2, 0.25) is 0 Å². The highest BCUT2D eigenvalue weighted by Crippen LogP contribution is 2.22. The Morgan fingerprint density at radius 3 is 2.63 bits per heavy atom. The number of phenols is 1. The zero-order valence-corrected chi connectivity index (χ0v) is 11.0. The van der Waals surface area contributed by atoms with Gasteiger partial charge in [-0.2, -0.15) is 0 Å². The fourth-order valence-electron chi connectivity index (χ4n) is 1.70. The molecule has 2 aromatic carbocycles. The van der Waals surface area contributed by atoms with Crippen LogP contribution in [0.15, 0.2) is 48.7 Å². The molecule has 2 aromatic rings.